The number of rotatable bonds is 9. The predicted molar refractivity (Wildman–Crippen MR) is 136 cm³/mol. The highest BCUT2D eigenvalue weighted by Crippen LogP contribution is 2.43. The number of esters is 1. The molecule has 2 aromatic rings. The number of hydrogen-bond acceptors (Lipinski definition) is 8. The third kappa shape index (κ3) is 5.90. The number of carbonyl (C=O) groups excluding carboxylic acids is 2. The SMILES string of the molecule is CCS(=O)(=O)N1CCc2cc(C(=O)COC(=O)COc3ccc(C4SCCCS4)cc3)ccc21. The molecule has 0 amide bonds. The van der Waals surface area contributed by atoms with E-state index in [0.717, 1.165) is 5.56 Å². The number of sulfonamides is 1. The smallest absolute Gasteiger partial charge is 0.344 e. The van der Waals surface area contributed by atoms with Crippen LogP contribution in [0.15, 0.2) is 42.5 Å². The summed E-state index contributed by atoms with van der Waals surface area (Å²) < 4.78 is 36.8. The number of ether oxygens (including phenoxy) is 2. The van der Waals surface area contributed by atoms with Crippen LogP contribution in [0.25, 0.3) is 0 Å². The number of hydrogen-bond donors (Lipinski definition) is 0. The van der Waals surface area contributed by atoms with Gasteiger partial charge in [-0.05, 0) is 72.7 Å². The lowest BCUT2D eigenvalue weighted by Gasteiger charge is -2.21. The van der Waals surface area contributed by atoms with E-state index < -0.39 is 22.6 Å². The summed E-state index contributed by atoms with van der Waals surface area (Å²) in [5, 5.41) is 0. The molecule has 2 aliphatic heterocycles. The van der Waals surface area contributed by atoms with E-state index in [1.165, 1.54) is 27.8 Å². The third-order valence-corrected chi connectivity index (χ3v) is 10.5. The minimum absolute atomic E-state index is 0.0218. The first-order valence-corrected chi connectivity index (χ1v) is 14.9. The highest BCUT2D eigenvalue weighted by Gasteiger charge is 2.28. The van der Waals surface area contributed by atoms with Gasteiger partial charge in [0.1, 0.15) is 5.75 Å². The molecule has 34 heavy (non-hydrogen) atoms. The molecule has 0 aliphatic carbocycles. The van der Waals surface area contributed by atoms with Gasteiger partial charge in [0.2, 0.25) is 10.0 Å². The lowest BCUT2D eigenvalue weighted by Crippen LogP contribution is -2.30. The van der Waals surface area contributed by atoms with Crippen LogP contribution in [-0.2, 0) is 26.0 Å². The zero-order valence-corrected chi connectivity index (χ0v) is 21.3. The summed E-state index contributed by atoms with van der Waals surface area (Å²) in [6, 6.07) is 12.6. The van der Waals surface area contributed by atoms with Gasteiger partial charge in [0.05, 0.1) is 16.0 Å². The molecule has 2 aromatic carbocycles. The molecule has 0 atom stereocenters. The van der Waals surface area contributed by atoms with Gasteiger partial charge in [0.15, 0.2) is 19.0 Å². The van der Waals surface area contributed by atoms with Crippen molar-refractivity contribution in [3.63, 3.8) is 0 Å². The third-order valence-electron chi connectivity index (χ3n) is 5.66. The van der Waals surface area contributed by atoms with Gasteiger partial charge in [-0.2, -0.15) is 0 Å². The van der Waals surface area contributed by atoms with Crippen LogP contribution in [0.5, 0.6) is 5.75 Å². The molecule has 0 radical (unpaired) electrons. The van der Waals surface area contributed by atoms with Crippen LogP contribution < -0.4 is 9.04 Å². The first-order chi connectivity index (χ1) is 16.4. The number of ketones is 1. The van der Waals surface area contributed by atoms with Crippen molar-refractivity contribution in [2.45, 2.75) is 24.3 Å². The summed E-state index contributed by atoms with van der Waals surface area (Å²) in [5.74, 6) is 1.96. The number of thioether (sulfide) groups is 2. The van der Waals surface area contributed by atoms with Gasteiger partial charge in [0.25, 0.3) is 0 Å². The van der Waals surface area contributed by atoms with Crippen molar-refractivity contribution in [1.82, 2.24) is 0 Å². The maximum atomic E-state index is 12.5. The molecule has 0 N–H and O–H groups in total. The van der Waals surface area contributed by atoms with E-state index in [1.54, 1.807) is 25.1 Å². The van der Waals surface area contributed by atoms with Crippen LogP contribution in [0.3, 0.4) is 0 Å². The Morgan fingerprint density at radius 3 is 2.50 bits per heavy atom. The molecule has 0 bridgehead atoms. The van der Waals surface area contributed by atoms with E-state index in [1.807, 2.05) is 47.8 Å². The van der Waals surface area contributed by atoms with E-state index in [-0.39, 0.29) is 18.1 Å². The minimum atomic E-state index is -3.34. The molecule has 0 unspecified atom stereocenters. The Morgan fingerprint density at radius 1 is 1.06 bits per heavy atom. The van der Waals surface area contributed by atoms with Crippen molar-refractivity contribution in [2.24, 2.45) is 0 Å². The van der Waals surface area contributed by atoms with Crippen LogP contribution in [0.4, 0.5) is 5.69 Å². The number of nitrogens with zero attached hydrogens (tertiary/aromatic N) is 1. The van der Waals surface area contributed by atoms with Crippen molar-refractivity contribution in [3.8, 4) is 5.75 Å². The molecule has 7 nitrogen and oxygen atoms in total. The van der Waals surface area contributed by atoms with Gasteiger partial charge >= 0.3 is 5.97 Å². The molecule has 4 rings (SSSR count). The molecule has 0 spiro atoms. The lowest BCUT2D eigenvalue weighted by atomic mass is 10.1. The van der Waals surface area contributed by atoms with Gasteiger partial charge in [0, 0.05) is 12.1 Å². The largest absolute Gasteiger partial charge is 0.482 e. The monoisotopic (exact) mass is 521 g/mol. The van der Waals surface area contributed by atoms with Crippen LogP contribution in [0, 0.1) is 0 Å². The Balaban J connectivity index is 1.25. The number of Topliss-reactive ketones (excluding diaryl/α,β-unsaturated/α-hetero) is 1. The molecule has 0 saturated carbocycles. The zero-order chi connectivity index (χ0) is 24.1. The van der Waals surface area contributed by atoms with E-state index in [9.17, 15) is 18.0 Å². The van der Waals surface area contributed by atoms with Crippen molar-refractivity contribution in [1.29, 1.82) is 0 Å². The Bertz CT molecular complexity index is 1140. The standard InChI is InChI=1S/C24H27NO6S3/c1-2-34(28,29)25-11-10-18-14-19(6-9-21(18)25)22(26)15-31-23(27)16-30-20-7-4-17(5-8-20)24-32-12-3-13-33-24/h4-9,14,24H,2-3,10-13,15-16H2,1H3. The summed E-state index contributed by atoms with van der Waals surface area (Å²) >= 11 is 3.89. The Kier molecular flexibility index (Phi) is 8.10. The second-order valence-corrected chi connectivity index (χ2v) is 12.8. The van der Waals surface area contributed by atoms with Gasteiger partial charge in [-0.15, -0.1) is 23.5 Å². The molecule has 10 heteroatoms. The highest BCUT2D eigenvalue weighted by atomic mass is 32.2. The van der Waals surface area contributed by atoms with E-state index in [4.69, 9.17) is 9.47 Å². The van der Waals surface area contributed by atoms with Crippen molar-refractivity contribution < 1.29 is 27.5 Å². The maximum absolute atomic E-state index is 12.5. The van der Waals surface area contributed by atoms with Gasteiger partial charge < -0.3 is 9.47 Å². The minimum Gasteiger partial charge on any atom is -0.482 e. The van der Waals surface area contributed by atoms with Gasteiger partial charge in [-0.3, -0.25) is 9.10 Å². The molecule has 0 aromatic heterocycles. The fraction of sp³-hybridized carbons (Fsp3) is 0.417. The number of carbonyl (C=O) groups is 2. The number of benzene rings is 2. The second kappa shape index (κ2) is 11.0. The van der Waals surface area contributed by atoms with E-state index in [2.05, 4.69) is 0 Å². The summed E-state index contributed by atoms with van der Waals surface area (Å²) in [6.45, 7) is 1.30. The van der Waals surface area contributed by atoms with Gasteiger partial charge in [-0.1, -0.05) is 12.1 Å². The lowest BCUT2D eigenvalue weighted by molar-refractivity contribution is -0.144. The van der Waals surface area contributed by atoms with Crippen molar-refractivity contribution in [2.75, 3.05) is 41.3 Å². The van der Waals surface area contributed by atoms with Crippen molar-refractivity contribution >= 4 is 51.0 Å². The molecule has 182 valence electrons. The molecular formula is C24H27NO6S3. The molecule has 2 heterocycles. The summed E-state index contributed by atoms with van der Waals surface area (Å²) in [4.78, 5) is 24.6. The fourth-order valence-corrected chi connectivity index (χ4v) is 7.86. The normalized spacial score (nSPS) is 16.2. The topological polar surface area (TPSA) is 90.0 Å². The molecular weight excluding hydrogens is 494 g/mol. The fourth-order valence-electron chi connectivity index (χ4n) is 3.80. The Hall–Kier alpha value is -2.17. The Morgan fingerprint density at radius 2 is 1.79 bits per heavy atom. The maximum Gasteiger partial charge on any atom is 0.344 e. The second-order valence-electron chi connectivity index (χ2n) is 7.93. The summed E-state index contributed by atoms with van der Waals surface area (Å²) in [6.07, 6.45) is 1.78. The molecule has 2 aliphatic rings. The predicted octanol–water partition coefficient (Wildman–Crippen LogP) is 4.07. The highest BCUT2D eigenvalue weighted by molar-refractivity contribution is 8.16. The summed E-state index contributed by atoms with van der Waals surface area (Å²) in [7, 11) is -3.34. The molecule has 1 saturated heterocycles. The van der Waals surface area contributed by atoms with Crippen LogP contribution in [0.1, 0.15) is 39.4 Å². The van der Waals surface area contributed by atoms with Gasteiger partial charge in [-0.25, -0.2) is 13.2 Å². The average molecular weight is 522 g/mol. The zero-order valence-electron chi connectivity index (χ0n) is 18.9. The Labute approximate surface area is 208 Å². The van der Waals surface area contributed by atoms with E-state index >= 15 is 0 Å². The first-order valence-electron chi connectivity index (χ1n) is 11.2. The molecule has 1 fully saturated rings. The quantitative estimate of drug-likeness (QED) is 0.360. The van der Waals surface area contributed by atoms with Crippen LogP contribution >= 0.6 is 23.5 Å². The number of fused-ring (bicyclic) bond motifs is 1. The van der Waals surface area contributed by atoms with E-state index in [0.29, 0.717) is 34.5 Å². The van der Waals surface area contributed by atoms with Crippen LogP contribution in [0.2, 0.25) is 0 Å². The number of anilines is 1. The average Bonchev–Trinajstić information content (AvgIpc) is 3.31. The summed E-state index contributed by atoms with van der Waals surface area (Å²) in [5.41, 5.74) is 3.03. The van der Waals surface area contributed by atoms with Crippen LogP contribution in [-0.4, -0.2) is 57.2 Å². The van der Waals surface area contributed by atoms with Crippen molar-refractivity contribution in [3.05, 3.63) is 59.2 Å². The first kappa shape index (κ1) is 24.9.